The van der Waals surface area contributed by atoms with Gasteiger partial charge in [0.05, 0.1) is 5.41 Å². The van der Waals surface area contributed by atoms with Crippen molar-refractivity contribution < 1.29 is 0 Å². The predicted octanol–water partition coefficient (Wildman–Crippen LogP) is 9.58. The van der Waals surface area contributed by atoms with Crippen molar-refractivity contribution in [2.45, 2.75) is 31.6 Å². The number of pyridine rings is 1. The van der Waals surface area contributed by atoms with Crippen molar-refractivity contribution in [2.24, 2.45) is 0 Å². The van der Waals surface area contributed by atoms with Crippen molar-refractivity contribution in [1.82, 2.24) is 20.2 Å². The molecule has 0 saturated carbocycles. The Hall–Kier alpha value is -5.74. The maximum Gasteiger partial charge on any atom is 0.183 e. The van der Waals surface area contributed by atoms with Crippen LogP contribution in [0.5, 0.6) is 0 Å². The van der Waals surface area contributed by atoms with Gasteiger partial charge in [0.2, 0.25) is 0 Å². The molecule has 9 rings (SSSR count). The number of hydrogen-bond acceptors (Lipinski definition) is 4. The second-order valence-electron chi connectivity index (χ2n) is 13.2. The molecule has 47 heavy (non-hydrogen) atoms. The second-order valence-corrected chi connectivity index (χ2v) is 13.2. The van der Waals surface area contributed by atoms with Crippen LogP contribution in [0.25, 0.3) is 45.0 Å². The first-order chi connectivity index (χ1) is 23.0. The number of benzene rings is 5. The first-order valence-corrected chi connectivity index (χ1v) is 16.1. The number of aromatic nitrogens is 4. The first-order valence-electron chi connectivity index (χ1n) is 16.1. The van der Waals surface area contributed by atoms with Crippen molar-refractivity contribution in [3.63, 3.8) is 0 Å². The maximum absolute atomic E-state index is 5.17. The molecule has 2 aromatic heterocycles. The van der Waals surface area contributed by atoms with Gasteiger partial charge in [0.15, 0.2) is 5.82 Å². The van der Waals surface area contributed by atoms with Crippen LogP contribution in [0.15, 0.2) is 140 Å². The molecular weight excluding hydrogens is 573 g/mol. The van der Waals surface area contributed by atoms with Gasteiger partial charge in [-0.3, -0.25) is 4.98 Å². The maximum atomic E-state index is 5.17. The van der Waals surface area contributed by atoms with Crippen molar-refractivity contribution >= 4 is 0 Å². The lowest BCUT2D eigenvalue weighted by Gasteiger charge is -2.46. The average Bonchev–Trinajstić information content (AvgIpc) is 3.42. The van der Waals surface area contributed by atoms with E-state index in [-0.39, 0.29) is 5.41 Å². The Bertz CT molecular complexity index is 2290. The van der Waals surface area contributed by atoms with Gasteiger partial charge in [-0.25, -0.2) is 4.98 Å². The number of nitrogens with zero attached hydrogens (tertiary/aromatic N) is 4. The van der Waals surface area contributed by atoms with Gasteiger partial charge < -0.3 is 0 Å². The van der Waals surface area contributed by atoms with Crippen LogP contribution in [0.1, 0.15) is 52.8 Å². The van der Waals surface area contributed by atoms with E-state index in [0.717, 1.165) is 28.1 Å². The quantitative estimate of drug-likeness (QED) is 0.202. The van der Waals surface area contributed by atoms with Gasteiger partial charge in [-0.1, -0.05) is 129 Å². The Morgan fingerprint density at radius 1 is 0.489 bits per heavy atom. The summed E-state index contributed by atoms with van der Waals surface area (Å²) in [7, 11) is 0. The van der Waals surface area contributed by atoms with Gasteiger partial charge in [0.25, 0.3) is 0 Å². The summed E-state index contributed by atoms with van der Waals surface area (Å²) in [6.07, 6.45) is 3.55. The molecule has 2 heterocycles. The summed E-state index contributed by atoms with van der Waals surface area (Å²) >= 11 is 0. The van der Waals surface area contributed by atoms with Crippen LogP contribution >= 0.6 is 0 Å². The number of aryl methyl sites for hydroxylation is 1. The standard InChI is InChI=1S/C43H32N4/c1-27-18-20-28(21-19-27)40-39(45-41(47-46-40)30-11-10-24-44-26-30)29-22-23-34-32(25-29)31-12-4-5-13-33(31)43(34)37-16-8-6-14-35(37)42(2,3)36-15-7-9-17-38(36)43/h4-26H,1-3H3. The second kappa shape index (κ2) is 10.1. The van der Waals surface area contributed by atoms with Crippen molar-refractivity contribution in [3.05, 3.63) is 179 Å². The third-order valence-electron chi connectivity index (χ3n) is 10.3. The van der Waals surface area contributed by atoms with E-state index in [9.17, 15) is 0 Å². The molecule has 4 heteroatoms. The first kappa shape index (κ1) is 27.6. The van der Waals surface area contributed by atoms with E-state index in [4.69, 9.17) is 10.1 Å². The van der Waals surface area contributed by atoms with Crippen molar-refractivity contribution in [1.29, 1.82) is 0 Å². The zero-order valence-corrected chi connectivity index (χ0v) is 26.6. The van der Waals surface area contributed by atoms with Gasteiger partial charge >= 0.3 is 0 Å². The number of fused-ring (bicyclic) bond motifs is 9. The highest BCUT2D eigenvalue weighted by Crippen LogP contribution is 2.62. The number of hydrogen-bond donors (Lipinski definition) is 0. The normalized spacial score (nSPS) is 14.6. The lowest BCUT2D eigenvalue weighted by molar-refractivity contribution is 0.563. The fraction of sp³-hybridized carbons (Fsp3) is 0.116. The fourth-order valence-corrected chi connectivity index (χ4v) is 8.06. The molecule has 2 aliphatic rings. The van der Waals surface area contributed by atoms with E-state index in [0.29, 0.717) is 5.82 Å². The molecule has 0 N–H and O–H groups in total. The number of rotatable bonds is 3. The Morgan fingerprint density at radius 3 is 1.79 bits per heavy atom. The summed E-state index contributed by atoms with van der Waals surface area (Å²) in [4.78, 5) is 9.49. The third kappa shape index (κ3) is 3.88. The summed E-state index contributed by atoms with van der Waals surface area (Å²) < 4.78 is 0. The van der Waals surface area contributed by atoms with E-state index in [2.05, 4.69) is 146 Å². The van der Waals surface area contributed by atoms with Crippen molar-refractivity contribution in [3.8, 4) is 45.0 Å². The minimum Gasteiger partial charge on any atom is -0.264 e. The molecule has 0 saturated heterocycles. The van der Waals surface area contributed by atoms with Gasteiger partial charge in [0.1, 0.15) is 11.4 Å². The van der Waals surface area contributed by atoms with Gasteiger partial charge in [-0.15, -0.1) is 10.2 Å². The summed E-state index contributed by atoms with van der Waals surface area (Å²) in [6.45, 7) is 6.81. The lowest BCUT2D eigenvalue weighted by atomic mass is 9.55. The summed E-state index contributed by atoms with van der Waals surface area (Å²) in [6, 6.07) is 46.2. The Morgan fingerprint density at radius 2 is 1.11 bits per heavy atom. The molecular formula is C43H32N4. The largest absolute Gasteiger partial charge is 0.264 e. The molecule has 7 aromatic rings. The van der Waals surface area contributed by atoms with Crippen LogP contribution in [0.2, 0.25) is 0 Å². The summed E-state index contributed by atoms with van der Waals surface area (Å²) in [5.41, 5.74) is 15.5. The molecule has 0 bridgehead atoms. The molecule has 0 aliphatic heterocycles. The van der Waals surface area contributed by atoms with E-state index in [1.165, 1.54) is 50.1 Å². The minimum atomic E-state index is -0.433. The molecule has 0 amide bonds. The van der Waals surface area contributed by atoms with E-state index in [1.807, 2.05) is 12.1 Å². The molecule has 1 spiro atoms. The predicted molar refractivity (Wildman–Crippen MR) is 188 cm³/mol. The van der Waals surface area contributed by atoms with Crippen LogP contribution in [0.4, 0.5) is 0 Å². The fourth-order valence-electron chi connectivity index (χ4n) is 8.06. The monoisotopic (exact) mass is 604 g/mol. The topological polar surface area (TPSA) is 51.6 Å². The highest BCUT2D eigenvalue weighted by molar-refractivity contribution is 5.91. The van der Waals surface area contributed by atoms with Gasteiger partial charge in [0, 0.05) is 34.5 Å². The molecule has 0 atom stereocenters. The lowest BCUT2D eigenvalue weighted by Crippen LogP contribution is -2.40. The van der Waals surface area contributed by atoms with E-state index < -0.39 is 5.41 Å². The molecule has 0 fully saturated rings. The summed E-state index contributed by atoms with van der Waals surface area (Å²) in [5.74, 6) is 0.554. The molecule has 2 aliphatic carbocycles. The molecule has 4 nitrogen and oxygen atoms in total. The summed E-state index contributed by atoms with van der Waals surface area (Å²) in [5, 5.41) is 9.36. The van der Waals surface area contributed by atoms with Crippen LogP contribution in [-0.2, 0) is 10.8 Å². The van der Waals surface area contributed by atoms with Crippen molar-refractivity contribution in [2.75, 3.05) is 0 Å². The van der Waals surface area contributed by atoms with E-state index in [1.54, 1.807) is 12.4 Å². The average molecular weight is 605 g/mol. The van der Waals surface area contributed by atoms with E-state index >= 15 is 0 Å². The minimum absolute atomic E-state index is 0.131. The molecule has 0 radical (unpaired) electrons. The highest BCUT2D eigenvalue weighted by atomic mass is 15.2. The third-order valence-corrected chi connectivity index (χ3v) is 10.3. The SMILES string of the molecule is Cc1ccc(-c2nnc(-c3cccnc3)nc2-c2ccc3c(c2)-c2ccccc2C32c3ccccc3C(C)(C)c3ccccc32)cc1. The molecule has 5 aromatic carbocycles. The smallest absolute Gasteiger partial charge is 0.183 e. The van der Waals surface area contributed by atoms with Crippen LogP contribution < -0.4 is 0 Å². The van der Waals surface area contributed by atoms with Crippen LogP contribution in [0.3, 0.4) is 0 Å². The van der Waals surface area contributed by atoms with Crippen LogP contribution in [-0.4, -0.2) is 20.2 Å². The molecule has 0 unspecified atom stereocenters. The Labute approximate surface area is 274 Å². The van der Waals surface area contributed by atoms with Gasteiger partial charge in [-0.05, 0) is 69.6 Å². The highest BCUT2D eigenvalue weighted by Gasteiger charge is 2.53. The Kier molecular flexibility index (Phi) is 5.94. The Balaban J connectivity index is 1.33. The molecule has 224 valence electrons. The van der Waals surface area contributed by atoms with Gasteiger partial charge in [-0.2, -0.15) is 0 Å². The zero-order valence-electron chi connectivity index (χ0n) is 26.6. The van der Waals surface area contributed by atoms with Crippen LogP contribution in [0, 0.1) is 6.92 Å². The zero-order chi connectivity index (χ0) is 31.8.